The monoisotopic (exact) mass is 253 g/mol. The van der Waals surface area contributed by atoms with Crippen LogP contribution in [-0.4, -0.2) is 32.6 Å². The van der Waals surface area contributed by atoms with Gasteiger partial charge < -0.3 is 10.2 Å². The van der Waals surface area contributed by atoms with Crippen molar-refractivity contribution in [3.8, 4) is 0 Å². The molecule has 2 saturated carbocycles. The lowest BCUT2D eigenvalue weighted by Gasteiger charge is -2.39. The molecule has 0 aliphatic heterocycles. The molecule has 2 aliphatic rings. The first-order valence-electron chi connectivity index (χ1n) is 7.36. The van der Waals surface area contributed by atoms with E-state index in [1.165, 1.54) is 24.2 Å². The van der Waals surface area contributed by atoms with E-state index in [-0.39, 0.29) is 5.91 Å². The number of carbonyl (C=O) groups is 1. The fraction of sp³-hybridized carbons (Fsp3) is 0.933. The van der Waals surface area contributed by atoms with Gasteiger partial charge in [-0.25, -0.2) is 0 Å². The second kappa shape index (κ2) is 4.52. The highest BCUT2D eigenvalue weighted by atomic mass is 16.1. The van der Waals surface area contributed by atoms with Crippen molar-refractivity contribution in [3.63, 3.8) is 0 Å². The summed E-state index contributed by atoms with van der Waals surface area (Å²) in [6.45, 7) is 8.08. The normalized spacial score (nSPS) is 37.2. The van der Waals surface area contributed by atoms with Crippen LogP contribution in [0.4, 0.5) is 0 Å². The summed E-state index contributed by atoms with van der Waals surface area (Å²) in [6, 6.07) is 0.399. The van der Waals surface area contributed by atoms with Crippen molar-refractivity contribution >= 4 is 5.91 Å². The third kappa shape index (κ3) is 2.07. The van der Waals surface area contributed by atoms with E-state index >= 15 is 0 Å². The van der Waals surface area contributed by atoms with Crippen LogP contribution in [0.25, 0.3) is 0 Å². The number of rotatable bonds is 4. The number of hydrogen-bond acceptors (Lipinski definition) is 1. The summed E-state index contributed by atoms with van der Waals surface area (Å²) < 4.78 is 0. The Morgan fingerprint density at radius 1 is 1.33 bits per heavy atom. The van der Waals surface area contributed by atoms with Gasteiger partial charge in [-0.2, -0.15) is 0 Å². The summed E-state index contributed by atoms with van der Waals surface area (Å²) in [5.74, 6) is 1.04. The maximum Gasteiger partial charge on any atom is 0.225 e. The molecule has 0 heterocycles. The number of nitrogens with one attached hydrogen (secondary N) is 2. The van der Waals surface area contributed by atoms with Gasteiger partial charge in [0.05, 0.1) is 27.1 Å². The van der Waals surface area contributed by atoms with Crippen molar-refractivity contribution in [2.45, 2.75) is 52.5 Å². The van der Waals surface area contributed by atoms with Gasteiger partial charge in [-0.05, 0) is 36.0 Å². The van der Waals surface area contributed by atoms with Crippen LogP contribution in [0.3, 0.4) is 0 Å². The molecule has 0 aromatic rings. The van der Waals surface area contributed by atoms with E-state index in [1.54, 1.807) is 0 Å². The number of hydrogen-bond donors (Lipinski definition) is 2. The summed E-state index contributed by atoms with van der Waals surface area (Å²) >= 11 is 0. The first-order valence-corrected chi connectivity index (χ1v) is 7.36. The van der Waals surface area contributed by atoms with E-state index in [2.05, 4.69) is 40.2 Å². The second-order valence-electron chi connectivity index (χ2n) is 7.44. The van der Waals surface area contributed by atoms with E-state index < -0.39 is 0 Å². The molecule has 0 radical (unpaired) electrons. The zero-order valence-electron chi connectivity index (χ0n) is 12.6. The Morgan fingerprint density at radius 2 is 2.00 bits per heavy atom. The molecule has 3 nitrogen and oxygen atoms in total. The highest BCUT2D eigenvalue weighted by Gasteiger charge is 2.61. The molecule has 0 spiro atoms. The van der Waals surface area contributed by atoms with Gasteiger partial charge in [0.1, 0.15) is 0 Å². The van der Waals surface area contributed by atoms with Gasteiger partial charge in [0, 0.05) is 6.04 Å². The quantitative estimate of drug-likeness (QED) is 0.765. The summed E-state index contributed by atoms with van der Waals surface area (Å²) in [6.07, 6.45) is 4.45. The summed E-state index contributed by atoms with van der Waals surface area (Å²) in [5, 5.41) is 3.31. The molecule has 1 amide bonds. The zero-order chi connectivity index (χ0) is 13.6. The predicted octanol–water partition coefficient (Wildman–Crippen LogP) is 0.852. The van der Waals surface area contributed by atoms with Crippen molar-refractivity contribution in [2.75, 3.05) is 20.6 Å². The van der Waals surface area contributed by atoms with Crippen LogP contribution in [-0.2, 0) is 4.79 Å². The van der Waals surface area contributed by atoms with Crippen molar-refractivity contribution < 1.29 is 9.69 Å². The first kappa shape index (κ1) is 13.9. The van der Waals surface area contributed by atoms with Crippen molar-refractivity contribution in [3.05, 3.63) is 0 Å². The number of amides is 1. The van der Waals surface area contributed by atoms with Crippen molar-refractivity contribution in [1.82, 2.24) is 5.32 Å². The molecule has 18 heavy (non-hydrogen) atoms. The Hall–Kier alpha value is -0.570. The van der Waals surface area contributed by atoms with Crippen molar-refractivity contribution in [1.29, 1.82) is 0 Å². The molecule has 0 saturated heterocycles. The molecule has 2 fully saturated rings. The second-order valence-corrected chi connectivity index (χ2v) is 7.44. The topological polar surface area (TPSA) is 33.5 Å². The van der Waals surface area contributed by atoms with Crippen LogP contribution in [0.1, 0.15) is 46.5 Å². The summed E-state index contributed by atoms with van der Waals surface area (Å²) in [5.41, 5.74) is 0.691. The van der Waals surface area contributed by atoms with Gasteiger partial charge in [-0.15, -0.1) is 0 Å². The molecule has 3 heteroatoms. The fourth-order valence-corrected chi connectivity index (χ4v) is 4.05. The minimum absolute atomic E-state index is 0.241. The SMILES string of the molecule is C[NH+](C)CCC(=O)N[C@@H]1C[C@H]2CC[C@@]1(C)C2(C)C. The highest BCUT2D eigenvalue weighted by Crippen LogP contribution is 2.65. The molecular weight excluding hydrogens is 224 g/mol. The van der Waals surface area contributed by atoms with Crippen LogP contribution in [0.5, 0.6) is 0 Å². The van der Waals surface area contributed by atoms with E-state index in [1.807, 2.05) is 0 Å². The molecule has 2 rings (SSSR count). The van der Waals surface area contributed by atoms with Gasteiger partial charge in [0.25, 0.3) is 0 Å². The van der Waals surface area contributed by atoms with Gasteiger partial charge in [-0.3, -0.25) is 4.79 Å². The Kier molecular flexibility index (Phi) is 3.48. The minimum atomic E-state index is 0.241. The third-order valence-corrected chi connectivity index (χ3v) is 5.98. The van der Waals surface area contributed by atoms with E-state index in [0.717, 1.165) is 12.5 Å². The lowest BCUT2D eigenvalue weighted by molar-refractivity contribution is -0.857. The maximum absolute atomic E-state index is 12.0. The fourth-order valence-electron chi connectivity index (χ4n) is 4.05. The molecule has 0 unspecified atom stereocenters. The van der Waals surface area contributed by atoms with Gasteiger partial charge in [-0.1, -0.05) is 20.8 Å². The smallest absolute Gasteiger partial charge is 0.225 e. The van der Waals surface area contributed by atoms with Crippen LogP contribution in [0.2, 0.25) is 0 Å². The largest absolute Gasteiger partial charge is 0.353 e. The van der Waals surface area contributed by atoms with Gasteiger partial charge in [0.2, 0.25) is 5.91 Å². The zero-order valence-corrected chi connectivity index (χ0v) is 12.6. The molecule has 0 aromatic carbocycles. The summed E-state index contributed by atoms with van der Waals surface area (Å²) in [4.78, 5) is 13.3. The summed E-state index contributed by atoms with van der Waals surface area (Å²) in [7, 11) is 4.18. The molecule has 2 bridgehead atoms. The molecule has 0 aromatic heterocycles. The van der Waals surface area contributed by atoms with Crippen LogP contribution in [0, 0.1) is 16.7 Å². The molecule has 2 aliphatic carbocycles. The highest BCUT2D eigenvalue weighted by molar-refractivity contribution is 5.76. The Morgan fingerprint density at radius 3 is 2.44 bits per heavy atom. The standard InChI is InChI=1S/C15H28N2O/c1-14(2)11-6-8-15(14,3)12(10-11)16-13(18)7-9-17(4)5/h11-12H,6-10H2,1-5H3,(H,16,18)/p+1/t11-,12-,15-/m1/s1. The molecule has 2 N–H and O–H groups in total. The van der Waals surface area contributed by atoms with Gasteiger partial charge >= 0.3 is 0 Å². The lowest BCUT2D eigenvalue weighted by atomic mass is 9.69. The number of carbonyl (C=O) groups excluding carboxylic acids is 1. The average molecular weight is 253 g/mol. The van der Waals surface area contributed by atoms with E-state index in [9.17, 15) is 4.79 Å². The first-order chi connectivity index (χ1) is 8.27. The Labute approximate surface area is 111 Å². The van der Waals surface area contributed by atoms with Crippen LogP contribution in [0.15, 0.2) is 0 Å². The third-order valence-electron chi connectivity index (χ3n) is 5.98. The maximum atomic E-state index is 12.0. The van der Waals surface area contributed by atoms with E-state index in [0.29, 0.717) is 23.3 Å². The van der Waals surface area contributed by atoms with Crippen LogP contribution < -0.4 is 10.2 Å². The molecule has 104 valence electrons. The number of fused-ring (bicyclic) bond motifs is 2. The Bertz CT molecular complexity index is 337. The van der Waals surface area contributed by atoms with Crippen LogP contribution >= 0.6 is 0 Å². The van der Waals surface area contributed by atoms with Crippen molar-refractivity contribution in [2.24, 2.45) is 16.7 Å². The minimum Gasteiger partial charge on any atom is -0.353 e. The Balaban J connectivity index is 1.94. The average Bonchev–Trinajstić information content (AvgIpc) is 2.59. The number of quaternary nitrogens is 1. The molecule has 3 atom stereocenters. The lowest BCUT2D eigenvalue weighted by Crippen LogP contribution is -3.05. The predicted molar refractivity (Wildman–Crippen MR) is 73.5 cm³/mol. The van der Waals surface area contributed by atoms with E-state index in [4.69, 9.17) is 0 Å². The molecular formula is C15H29N2O+. The van der Waals surface area contributed by atoms with Gasteiger partial charge in [0.15, 0.2) is 0 Å².